The van der Waals surface area contributed by atoms with E-state index >= 15 is 0 Å². The lowest BCUT2D eigenvalue weighted by molar-refractivity contribution is 0.101. The van der Waals surface area contributed by atoms with E-state index in [4.69, 9.17) is 11.6 Å². The highest BCUT2D eigenvalue weighted by atomic mass is 35.5. The first kappa shape index (κ1) is 19.9. The van der Waals surface area contributed by atoms with Crippen molar-refractivity contribution in [1.29, 1.82) is 0 Å². The number of benzene rings is 3. The Hall–Kier alpha value is -3.44. The van der Waals surface area contributed by atoms with Gasteiger partial charge in [-0.2, -0.15) is 0 Å². The SMILES string of the molecule is Cc1ccc(NC(=O)c2nc(-c3ccccc3)n(-c3cccc(Cl)c3C)n2)cc1C. The molecule has 1 heterocycles. The fourth-order valence-electron chi connectivity index (χ4n) is 3.18. The summed E-state index contributed by atoms with van der Waals surface area (Å²) in [7, 11) is 0. The molecule has 4 rings (SSSR count). The van der Waals surface area contributed by atoms with Crippen molar-refractivity contribution in [3.05, 3.63) is 94.3 Å². The van der Waals surface area contributed by atoms with Crippen LogP contribution in [0.5, 0.6) is 0 Å². The number of anilines is 1. The van der Waals surface area contributed by atoms with Crippen LogP contribution in [0.15, 0.2) is 66.7 Å². The minimum absolute atomic E-state index is 0.0893. The quantitative estimate of drug-likeness (QED) is 0.459. The van der Waals surface area contributed by atoms with E-state index in [0.717, 1.165) is 27.9 Å². The Bertz CT molecular complexity index is 1230. The number of rotatable bonds is 4. The standard InChI is InChI=1S/C24H21ClN4O/c1-15-12-13-19(14-16(15)2)26-24(30)22-27-23(18-8-5-4-6-9-18)29(28-22)21-11-7-10-20(25)17(21)3/h4-14H,1-3H3,(H,26,30). The van der Waals surface area contributed by atoms with E-state index in [1.807, 2.05) is 87.5 Å². The van der Waals surface area contributed by atoms with E-state index in [-0.39, 0.29) is 11.7 Å². The number of carbonyl (C=O) groups excluding carboxylic acids is 1. The summed E-state index contributed by atoms with van der Waals surface area (Å²) in [5.74, 6) is 0.298. The van der Waals surface area contributed by atoms with Crippen molar-refractivity contribution in [2.75, 3.05) is 5.32 Å². The smallest absolute Gasteiger partial charge is 0.295 e. The van der Waals surface area contributed by atoms with Crippen LogP contribution >= 0.6 is 11.6 Å². The van der Waals surface area contributed by atoms with Gasteiger partial charge in [0.15, 0.2) is 5.82 Å². The number of aryl methyl sites for hydroxylation is 2. The minimum atomic E-state index is -0.367. The maximum absolute atomic E-state index is 12.9. The molecule has 3 aromatic carbocycles. The Morgan fingerprint density at radius 1 is 0.933 bits per heavy atom. The van der Waals surface area contributed by atoms with E-state index in [1.165, 1.54) is 0 Å². The summed E-state index contributed by atoms with van der Waals surface area (Å²) in [6.45, 7) is 5.96. The van der Waals surface area contributed by atoms with Gasteiger partial charge in [0.25, 0.3) is 5.91 Å². The first-order chi connectivity index (χ1) is 14.4. The summed E-state index contributed by atoms with van der Waals surface area (Å²) < 4.78 is 1.67. The fourth-order valence-corrected chi connectivity index (χ4v) is 3.35. The van der Waals surface area contributed by atoms with E-state index in [9.17, 15) is 4.79 Å². The number of nitrogens with zero attached hydrogens (tertiary/aromatic N) is 3. The summed E-state index contributed by atoms with van der Waals surface area (Å²) >= 11 is 6.33. The molecule has 1 amide bonds. The molecule has 0 unspecified atom stereocenters. The molecule has 0 saturated heterocycles. The predicted molar refractivity (Wildman–Crippen MR) is 120 cm³/mol. The van der Waals surface area contributed by atoms with Crippen LogP contribution in [0.2, 0.25) is 5.02 Å². The second kappa shape index (κ2) is 8.13. The Morgan fingerprint density at radius 3 is 2.43 bits per heavy atom. The summed E-state index contributed by atoms with van der Waals surface area (Å²) in [6.07, 6.45) is 0. The third-order valence-corrected chi connectivity index (χ3v) is 5.48. The van der Waals surface area contributed by atoms with Crippen LogP contribution < -0.4 is 5.32 Å². The topological polar surface area (TPSA) is 59.8 Å². The number of hydrogen-bond acceptors (Lipinski definition) is 3. The summed E-state index contributed by atoms with van der Waals surface area (Å²) in [4.78, 5) is 17.5. The molecule has 0 fully saturated rings. The van der Waals surface area contributed by atoms with Crippen LogP contribution in [0.1, 0.15) is 27.3 Å². The van der Waals surface area contributed by atoms with Gasteiger partial charge in [0.1, 0.15) is 0 Å². The van der Waals surface area contributed by atoms with E-state index < -0.39 is 0 Å². The van der Waals surface area contributed by atoms with E-state index in [1.54, 1.807) is 4.68 Å². The highest BCUT2D eigenvalue weighted by molar-refractivity contribution is 6.31. The Morgan fingerprint density at radius 2 is 1.70 bits per heavy atom. The van der Waals surface area contributed by atoms with Crippen LogP contribution in [0, 0.1) is 20.8 Å². The molecule has 0 saturated carbocycles. The second-order valence-corrected chi connectivity index (χ2v) is 7.58. The van der Waals surface area contributed by atoms with Gasteiger partial charge in [0, 0.05) is 16.3 Å². The van der Waals surface area contributed by atoms with Crippen LogP contribution in [-0.2, 0) is 0 Å². The number of hydrogen-bond donors (Lipinski definition) is 1. The monoisotopic (exact) mass is 416 g/mol. The maximum atomic E-state index is 12.9. The van der Waals surface area contributed by atoms with Crippen LogP contribution in [0.25, 0.3) is 17.1 Å². The zero-order valence-electron chi connectivity index (χ0n) is 17.0. The van der Waals surface area contributed by atoms with Gasteiger partial charge < -0.3 is 5.32 Å². The average molecular weight is 417 g/mol. The molecule has 5 nitrogen and oxygen atoms in total. The van der Waals surface area contributed by atoms with Gasteiger partial charge in [0.2, 0.25) is 5.82 Å². The van der Waals surface area contributed by atoms with Crippen molar-refractivity contribution in [2.24, 2.45) is 0 Å². The first-order valence-electron chi connectivity index (χ1n) is 9.60. The number of nitrogens with one attached hydrogen (secondary N) is 1. The molecule has 0 aliphatic rings. The Balaban J connectivity index is 1.78. The zero-order valence-corrected chi connectivity index (χ0v) is 17.7. The number of aromatic nitrogens is 3. The molecule has 0 bridgehead atoms. The second-order valence-electron chi connectivity index (χ2n) is 7.17. The number of halogens is 1. The summed E-state index contributed by atoms with van der Waals surface area (Å²) in [5.41, 5.74) is 5.47. The molecule has 30 heavy (non-hydrogen) atoms. The fraction of sp³-hybridized carbons (Fsp3) is 0.125. The summed E-state index contributed by atoms with van der Waals surface area (Å²) in [6, 6.07) is 21.0. The zero-order chi connectivity index (χ0) is 21.3. The highest BCUT2D eigenvalue weighted by Gasteiger charge is 2.20. The normalized spacial score (nSPS) is 10.8. The lowest BCUT2D eigenvalue weighted by Crippen LogP contribution is -2.14. The average Bonchev–Trinajstić information content (AvgIpc) is 3.19. The van der Waals surface area contributed by atoms with Gasteiger partial charge in [0.05, 0.1) is 5.69 Å². The third-order valence-electron chi connectivity index (χ3n) is 5.07. The van der Waals surface area contributed by atoms with Crippen molar-refractivity contribution in [3.63, 3.8) is 0 Å². The Kier molecular flexibility index (Phi) is 5.38. The minimum Gasteiger partial charge on any atom is -0.319 e. The first-order valence-corrected chi connectivity index (χ1v) is 9.98. The molecule has 4 aromatic rings. The molecule has 1 N–H and O–H groups in total. The van der Waals surface area contributed by atoms with Gasteiger partial charge in [-0.05, 0) is 61.7 Å². The Labute approximate surface area is 180 Å². The van der Waals surface area contributed by atoms with Gasteiger partial charge >= 0.3 is 0 Å². The number of amides is 1. The van der Waals surface area contributed by atoms with Crippen LogP contribution in [0.3, 0.4) is 0 Å². The maximum Gasteiger partial charge on any atom is 0.295 e. The van der Waals surface area contributed by atoms with Gasteiger partial charge in [-0.25, -0.2) is 9.67 Å². The van der Waals surface area contributed by atoms with Crippen LogP contribution in [0.4, 0.5) is 5.69 Å². The number of carbonyl (C=O) groups is 1. The molecular weight excluding hydrogens is 396 g/mol. The lowest BCUT2D eigenvalue weighted by Gasteiger charge is -2.10. The molecule has 0 aliphatic heterocycles. The molecule has 1 aromatic heterocycles. The van der Waals surface area contributed by atoms with Crippen molar-refractivity contribution >= 4 is 23.2 Å². The van der Waals surface area contributed by atoms with Crippen molar-refractivity contribution in [2.45, 2.75) is 20.8 Å². The van der Waals surface area contributed by atoms with Gasteiger partial charge in [-0.1, -0.05) is 54.1 Å². The van der Waals surface area contributed by atoms with Crippen molar-refractivity contribution in [3.8, 4) is 17.1 Å². The molecule has 6 heteroatoms. The molecule has 0 atom stereocenters. The summed E-state index contributed by atoms with van der Waals surface area (Å²) in [5, 5.41) is 8.05. The molecule has 0 spiro atoms. The largest absolute Gasteiger partial charge is 0.319 e. The third kappa shape index (κ3) is 3.84. The lowest BCUT2D eigenvalue weighted by atomic mass is 10.1. The van der Waals surface area contributed by atoms with Gasteiger partial charge in [-0.15, -0.1) is 5.10 Å². The van der Waals surface area contributed by atoms with E-state index in [2.05, 4.69) is 15.4 Å². The predicted octanol–water partition coefficient (Wildman–Crippen LogP) is 5.77. The van der Waals surface area contributed by atoms with Crippen molar-refractivity contribution < 1.29 is 4.79 Å². The van der Waals surface area contributed by atoms with Gasteiger partial charge in [-0.3, -0.25) is 4.79 Å². The van der Waals surface area contributed by atoms with E-state index in [0.29, 0.717) is 16.5 Å². The molecule has 0 radical (unpaired) electrons. The van der Waals surface area contributed by atoms with Crippen molar-refractivity contribution in [1.82, 2.24) is 14.8 Å². The molecular formula is C24H21ClN4O. The molecule has 0 aliphatic carbocycles. The van der Waals surface area contributed by atoms with Crippen LogP contribution in [-0.4, -0.2) is 20.7 Å². The highest BCUT2D eigenvalue weighted by Crippen LogP contribution is 2.27. The molecule has 150 valence electrons.